The zero-order valence-electron chi connectivity index (χ0n) is 16.7. The van der Waals surface area contributed by atoms with Crippen LogP contribution in [0.1, 0.15) is 18.4 Å². The Bertz CT molecular complexity index is 1160. The van der Waals surface area contributed by atoms with Crippen LogP contribution in [0.15, 0.2) is 48.7 Å². The van der Waals surface area contributed by atoms with Gasteiger partial charge >= 0.3 is 6.17 Å². The molecule has 4 rings (SSSR count). The minimum atomic E-state index is -0.736. The third-order valence-corrected chi connectivity index (χ3v) is 5.43. The highest BCUT2D eigenvalue weighted by molar-refractivity contribution is 5.87. The van der Waals surface area contributed by atoms with Crippen LogP contribution in [0.4, 0.5) is 5.69 Å². The maximum atomic E-state index is 12.7. The number of ether oxygens (including phenoxy) is 1. The number of nitro benzene ring substituents is 1. The fourth-order valence-electron chi connectivity index (χ4n) is 3.84. The SMILES string of the molecule is [C-]#[N+][C@@H]1CCCN1C(=O)[C@@H](N)Cc1c[nH]c2ccc(Oc3ccc([N+](=O)[O-])cc3)cc12. The predicted octanol–water partition coefficient (Wildman–Crippen LogP) is 3.61. The molecule has 158 valence electrons. The number of nitrogens with two attached hydrogens (primary N) is 1. The molecule has 1 fully saturated rings. The van der Waals surface area contributed by atoms with E-state index in [1.807, 2.05) is 18.3 Å². The van der Waals surface area contributed by atoms with Crippen LogP contribution in [0.5, 0.6) is 11.5 Å². The summed E-state index contributed by atoms with van der Waals surface area (Å²) in [6, 6.07) is 10.6. The molecular weight excluding hydrogens is 398 g/mol. The number of nitrogens with one attached hydrogen (secondary N) is 1. The van der Waals surface area contributed by atoms with Crippen molar-refractivity contribution in [2.45, 2.75) is 31.5 Å². The van der Waals surface area contributed by atoms with Gasteiger partial charge in [-0.15, -0.1) is 0 Å². The van der Waals surface area contributed by atoms with E-state index in [-0.39, 0.29) is 11.6 Å². The number of non-ortho nitro benzene ring substituents is 1. The molecule has 9 heteroatoms. The van der Waals surface area contributed by atoms with Gasteiger partial charge in [0.15, 0.2) is 0 Å². The summed E-state index contributed by atoms with van der Waals surface area (Å²) < 4.78 is 5.83. The van der Waals surface area contributed by atoms with E-state index in [0.29, 0.717) is 30.9 Å². The number of amides is 1. The number of aromatic amines is 1. The molecule has 1 saturated heterocycles. The molecule has 0 bridgehead atoms. The van der Waals surface area contributed by atoms with Crippen molar-refractivity contribution in [3.8, 4) is 11.5 Å². The van der Waals surface area contributed by atoms with Crippen molar-refractivity contribution in [2.75, 3.05) is 6.54 Å². The highest BCUT2D eigenvalue weighted by atomic mass is 16.6. The molecule has 1 aromatic heterocycles. The van der Waals surface area contributed by atoms with Gasteiger partial charge in [0.2, 0.25) is 5.91 Å². The number of aromatic nitrogens is 1. The van der Waals surface area contributed by atoms with Crippen molar-refractivity contribution < 1.29 is 14.5 Å². The van der Waals surface area contributed by atoms with Crippen molar-refractivity contribution >= 4 is 22.5 Å². The summed E-state index contributed by atoms with van der Waals surface area (Å²) in [6.45, 7) is 7.83. The predicted molar refractivity (Wildman–Crippen MR) is 114 cm³/mol. The van der Waals surface area contributed by atoms with E-state index in [1.165, 1.54) is 12.1 Å². The molecule has 31 heavy (non-hydrogen) atoms. The molecule has 2 heterocycles. The Kier molecular flexibility index (Phi) is 5.56. The number of likely N-dealkylation sites (tertiary alicyclic amines) is 1. The maximum absolute atomic E-state index is 12.7. The molecule has 0 unspecified atom stereocenters. The first-order chi connectivity index (χ1) is 15.0. The van der Waals surface area contributed by atoms with Crippen LogP contribution in [0.3, 0.4) is 0 Å². The van der Waals surface area contributed by atoms with Crippen LogP contribution >= 0.6 is 0 Å². The lowest BCUT2D eigenvalue weighted by atomic mass is 10.0. The number of nitrogens with zero attached hydrogens (tertiary/aromatic N) is 3. The summed E-state index contributed by atoms with van der Waals surface area (Å²) in [5.41, 5.74) is 7.95. The van der Waals surface area contributed by atoms with Gasteiger partial charge in [0.05, 0.1) is 11.0 Å². The van der Waals surface area contributed by atoms with Crippen LogP contribution in [0.25, 0.3) is 15.7 Å². The molecule has 2 atom stereocenters. The van der Waals surface area contributed by atoms with Crippen molar-refractivity contribution in [2.24, 2.45) is 5.73 Å². The molecular formula is C22H21N5O4. The lowest BCUT2D eigenvalue weighted by molar-refractivity contribution is -0.384. The van der Waals surface area contributed by atoms with E-state index < -0.39 is 17.1 Å². The molecule has 1 amide bonds. The third kappa shape index (κ3) is 4.20. The molecule has 3 aromatic rings. The zero-order chi connectivity index (χ0) is 22.0. The number of H-pyrrole nitrogens is 1. The zero-order valence-corrected chi connectivity index (χ0v) is 16.7. The van der Waals surface area contributed by atoms with Crippen LogP contribution < -0.4 is 10.5 Å². The summed E-state index contributed by atoms with van der Waals surface area (Å²) in [6.07, 6.45) is 3.26. The Morgan fingerprint density at radius 2 is 2.06 bits per heavy atom. The summed E-state index contributed by atoms with van der Waals surface area (Å²) in [5, 5.41) is 11.7. The van der Waals surface area contributed by atoms with Gasteiger partial charge in [-0.25, -0.2) is 6.57 Å². The average molecular weight is 419 g/mol. The first kappa shape index (κ1) is 20.4. The smallest absolute Gasteiger partial charge is 0.300 e. The monoisotopic (exact) mass is 419 g/mol. The molecule has 0 saturated carbocycles. The Morgan fingerprint density at radius 3 is 2.77 bits per heavy atom. The Balaban J connectivity index is 1.51. The number of rotatable bonds is 6. The average Bonchev–Trinajstić information content (AvgIpc) is 3.40. The second kappa shape index (κ2) is 8.45. The van der Waals surface area contributed by atoms with E-state index in [1.54, 1.807) is 23.1 Å². The standard InChI is InChI=1S/C22H21N5O4/c1-24-21-3-2-10-26(21)22(28)19(23)11-14-13-25-20-9-8-17(12-18(14)20)31-16-6-4-15(5-7-16)27(29)30/h4-9,12-13,19,21,25H,2-3,10-11,23H2/t19-,21-/m0/s1. The first-order valence-electron chi connectivity index (χ1n) is 9.91. The number of hydrogen-bond donors (Lipinski definition) is 2. The van der Waals surface area contributed by atoms with Crippen LogP contribution in [-0.4, -0.2) is 39.5 Å². The molecule has 0 radical (unpaired) electrons. The molecule has 1 aliphatic heterocycles. The minimum Gasteiger partial charge on any atom is -0.457 e. The Hall–Kier alpha value is -3.90. The minimum absolute atomic E-state index is 0.00663. The second-order valence-electron chi connectivity index (χ2n) is 7.47. The first-order valence-corrected chi connectivity index (χ1v) is 9.91. The molecule has 9 nitrogen and oxygen atoms in total. The van der Waals surface area contributed by atoms with Gasteiger partial charge in [0.1, 0.15) is 11.5 Å². The Morgan fingerprint density at radius 1 is 1.32 bits per heavy atom. The molecule has 0 aliphatic carbocycles. The van der Waals surface area contributed by atoms with Crippen LogP contribution in [0, 0.1) is 16.7 Å². The van der Waals surface area contributed by atoms with Crippen LogP contribution in [-0.2, 0) is 11.2 Å². The van der Waals surface area contributed by atoms with Crippen molar-refractivity contribution in [1.82, 2.24) is 9.88 Å². The van der Waals surface area contributed by atoms with Gasteiger partial charge in [-0.3, -0.25) is 24.7 Å². The van der Waals surface area contributed by atoms with Crippen LogP contribution in [0.2, 0.25) is 0 Å². The van der Waals surface area contributed by atoms with Gasteiger partial charge in [0, 0.05) is 42.2 Å². The van der Waals surface area contributed by atoms with E-state index >= 15 is 0 Å². The van der Waals surface area contributed by atoms with E-state index in [0.717, 1.165) is 22.9 Å². The lowest BCUT2D eigenvalue weighted by Crippen LogP contribution is -2.46. The Labute approximate surface area is 178 Å². The van der Waals surface area contributed by atoms with Crippen molar-refractivity contribution in [3.05, 3.63) is 75.8 Å². The van der Waals surface area contributed by atoms with E-state index in [2.05, 4.69) is 9.83 Å². The summed E-state index contributed by atoms with van der Waals surface area (Å²) in [4.78, 5) is 31.3. The van der Waals surface area contributed by atoms with Crippen molar-refractivity contribution in [1.29, 1.82) is 0 Å². The molecule has 3 N–H and O–H groups in total. The fraction of sp³-hybridized carbons (Fsp3) is 0.273. The van der Waals surface area contributed by atoms with Crippen molar-refractivity contribution in [3.63, 3.8) is 0 Å². The van der Waals surface area contributed by atoms with Gasteiger partial charge in [-0.05, 0) is 48.7 Å². The quantitative estimate of drug-likeness (QED) is 0.359. The fourth-order valence-corrected chi connectivity index (χ4v) is 3.84. The molecule has 1 aliphatic rings. The topological polar surface area (TPSA) is 119 Å². The summed E-state index contributed by atoms with van der Waals surface area (Å²) >= 11 is 0. The van der Waals surface area contributed by atoms with Gasteiger partial charge in [0.25, 0.3) is 5.69 Å². The summed E-state index contributed by atoms with van der Waals surface area (Å²) in [7, 11) is 0. The molecule has 2 aromatic carbocycles. The lowest BCUT2D eigenvalue weighted by Gasteiger charge is -2.20. The number of benzene rings is 2. The maximum Gasteiger partial charge on any atom is 0.300 e. The third-order valence-electron chi connectivity index (χ3n) is 5.43. The number of nitro groups is 1. The number of carbonyl (C=O) groups is 1. The highest BCUT2D eigenvalue weighted by Gasteiger charge is 2.35. The van der Waals surface area contributed by atoms with Gasteiger partial charge in [-0.1, -0.05) is 0 Å². The number of carbonyl (C=O) groups excluding carboxylic acids is 1. The normalized spacial score (nSPS) is 16.8. The van der Waals surface area contributed by atoms with Gasteiger partial charge < -0.3 is 15.5 Å². The largest absolute Gasteiger partial charge is 0.457 e. The van der Waals surface area contributed by atoms with E-state index in [9.17, 15) is 14.9 Å². The summed E-state index contributed by atoms with van der Waals surface area (Å²) in [5.74, 6) is 0.842. The van der Waals surface area contributed by atoms with E-state index in [4.69, 9.17) is 17.0 Å². The number of fused-ring (bicyclic) bond motifs is 1. The molecule has 0 spiro atoms. The van der Waals surface area contributed by atoms with Gasteiger partial charge in [-0.2, -0.15) is 0 Å². The number of hydrogen-bond acceptors (Lipinski definition) is 5. The second-order valence-corrected chi connectivity index (χ2v) is 7.47. The highest BCUT2D eigenvalue weighted by Crippen LogP contribution is 2.29.